The second kappa shape index (κ2) is 15.3. The minimum Gasteiger partial charge on any atom is -0.469 e. The summed E-state index contributed by atoms with van der Waals surface area (Å²) in [6, 6.07) is 7.60. The molecule has 0 saturated heterocycles. The van der Waals surface area contributed by atoms with E-state index in [2.05, 4.69) is 15.4 Å². The van der Waals surface area contributed by atoms with Gasteiger partial charge >= 0.3 is 12.0 Å². The van der Waals surface area contributed by atoms with Crippen LogP contribution in [0.4, 0.5) is 4.79 Å². The third-order valence-electron chi connectivity index (χ3n) is 5.00. The average molecular weight is 482 g/mol. The lowest BCUT2D eigenvalue weighted by Gasteiger charge is -2.24. The first-order valence-electron chi connectivity index (χ1n) is 10.9. The molecule has 0 aliphatic carbocycles. The van der Waals surface area contributed by atoms with Gasteiger partial charge in [0.15, 0.2) is 0 Å². The van der Waals surface area contributed by atoms with Gasteiger partial charge in [-0.15, -0.1) is 5.06 Å². The van der Waals surface area contributed by atoms with Crippen LogP contribution in [0.1, 0.15) is 45.1 Å². The van der Waals surface area contributed by atoms with Crippen LogP contribution in [-0.2, 0) is 24.9 Å². The maximum Gasteiger partial charge on any atom is 0.349 e. The van der Waals surface area contributed by atoms with Crippen LogP contribution in [0.5, 0.6) is 0 Å². The quantitative estimate of drug-likeness (QED) is 0.225. The van der Waals surface area contributed by atoms with Crippen LogP contribution in [-0.4, -0.2) is 60.0 Å². The van der Waals surface area contributed by atoms with Crippen LogP contribution in [0, 0.1) is 11.8 Å². The molecule has 0 saturated carbocycles. The highest BCUT2D eigenvalue weighted by atomic mass is 32.2. The number of imide groups is 1. The lowest BCUT2D eigenvalue weighted by Crippen LogP contribution is -2.52. The van der Waals surface area contributed by atoms with Gasteiger partial charge in [-0.1, -0.05) is 50.6 Å². The van der Waals surface area contributed by atoms with Gasteiger partial charge in [0.2, 0.25) is 5.91 Å². The van der Waals surface area contributed by atoms with Gasteiger partial charge in [0, 0.05) is 30.9 Å². The first-order chi connectivity index (χ1) is 15.7. The zero-order valence-electron chi connectivity index (χ0n) is 19.7. The Morgan fingerprint density at radius 2 is 1.76 bits per heavy atom. The predicted octanol–water partition coefficient (Wildman–Crippen LogP) is 2.97. The van der Waals surface area contributed by atoms with Crippen molar-refractivity contribution in [2.75, 3.05) is 19.9 Å². The Balaban J connectivity index is 2.78. The van der Waals surface area contributed by atoms with E-state index in [4.69, 9.17) is 0 Å². The Morgan fingerprint density at radius 3 is 2.33 bits per heavy atom. The van der Waals surface area contributed by atoms with Crippen molar-refractivity contribution in [1.82, 2.24) is 15.7 Å². The molecule has 0 heterocycles. The number of urea groups is 1. The van der Waals surface area contributed by atoms with Crippen LogP contribution in [0.2, 0.25) is 0 Å². The highest BCUT2D eigenvalue weighted by Crippen LogP contribution is 2.22. The van der Waals surface area contributed by atoms with Crippen molar-refractivity contribution in [2.45, 2.75) is 51.3 Å². The van der Waals surface area contributed by atoms with Crippen LogP contribution < -0.4 is 10.6 Å². The maximum absolute atomic E-state index is 12.9. The number of hydroxylamine groups is 2. The summed E-state index contributed by atoms with van der Waals surface area (Å²) in [6.45, 7) is 4.08. The number of likely N-dealkylation sites (N-methyl/N-ethyl adjacent to an activating group) is 1. The smallest absolute Gasteiger partial charge is 0.349 e. The Labute approximate surface area is 199 Å². The van der Waals surface area contributed by atoms with E-state index in [0.717, 1.165) is 12.0 Å². The number of ether oxygens (including phenoxy) is 1. The van der Waals surface area contributed by atoms with Gasteiger partial charge in [-0.3, -0.25) is 19.6 Å². The summed E-state index contributed by atoms with van der Waals surface area (Å²) in [7, 11) is 2.60. The molecular weight excluding hydrogens is 446 g/mol. The zero-order valence-corrected chi connectivity index (χ0v) is 20.5. The normalized spacial score (nSPS) is 12.5. The fourth-order valence-corrected chi connectivity index (χ4v) is 4.14. The first kappa shape index (κ1) is 28.4. The predicted molar refractivity (Wildman–Crippen MR) is 126 cm³/mol. The molecule has 0 radical (unpaired) electrons. The van der Waals surface area contributed by atoms with Crippen molar-refractivity contribution >= 4 is 35.6 Å². The number of benzene rings is 1. The van der Waals surface area contributed by atoms with Crippen molar-refractivity contribution in [1.29, 1.82) is 0 Å². The molecule has 1 rings (SSSR count). The Morgan fingerprint density at radius 1 is 1.09 bits per heavy atom. The van der Waals surface area contributed by atoms with Gasteiger partial charge in [0.05, 0.1) is 7.11 Å². The molecule has 4 amide bonds. The molecule has 1 aromatic carbocycles. The number of rotatable bonds is 13. The molecule has 0 bridgehead atoms. The molecule has 0 aromatic heterocycles. The molecule has 3 N–H and O–H groups in total. The van der Waals surface area contributed by atoms with Gasteiger partial charge in [0.25, 0.3) is 5.91 Å². The molecule has 0 aliphatic heterocycles. The molecule has 0 aliphatic rings. The van der Waals surface area contributed by atoms with Crippen molar-refractivity contribution in [3.8, 4) is 0 Å². The second-order valence-electron chi connectivity index (χ2n) is 8.05. The monoisotopic (exact) mass is 481 g/mol. The van der Waals surface area contributed by atoms with Crippen molar-refractivity contribution < 1.29 is 29.1 Å². The van der Waals surface area contributed by atoms with Crippen molar-refractivity contribution in [2.24, 2.45) is 11.8 Å². The zero-order chi connectivity index (χ0) is 24.8. The van der Waals surface area contributed by atoms with Crippen molar-refractivity contribution in [3.05, 3.63) is 35.9 Å². The minimum atomic E-state index is -1.11. The minimum absolute atomic E-state index is 0.0379. The summed E-state index contributed by atoms with van der Waals surface area (Å²) < 4.78 is 4.55. The van der Waals surface area contributed by atoms with Gasteiger partial charge < -0.3 is 15.4 Å². The number of nitrogens with zero attached hydrogens (tertiary/aromatic N) is 1. The first-order valence-corrected chi connectivity index (χ1v) is 12.1. The summed E-state index contributed by atoms with van der Waals surface area (Å²) in [5.74, 6) is -0.886. The van der Waals surface area contributed by atoms with E-state index in [1.807, 2.05) is 44.2 Å². The van der Waals surface area contributed by atoms with Gasteiger partial charge in [-0.25, -0.2) is 4.79 Å². The third-order valence-corrected chi connectivity index (χ3v) is 6.17. The van der Waals surface area contributed by atoms with Crippen LogP contribution in [0.15, 0.2) is 30.3 Å². The van der Waals surface area contributed by atoms with Crippen LogP contribution >= 0.6 is 11.8 Å². The third kappa shape index (κ3) is 10.7. The lowest BCUT2D eigenvalue weighted by atomic mass is 9.98. The van der Waals surface area contributed by atoms with E-state index < -0.39 is 35.8 Å². The number of methoxy groups -OCH3 is 1. The number of carbonyl (C=O) groups excluding carboxylic acids is 4. The number of hydrogen-bond donors (Lipinski definition) is 3. The summed E-state index contributed by atoms with van der Waals surface area (Å²) >= 11 is 1.55. The van der Waals surface area contributed by atoms with E-state index in [1.54, 1.807) is 11.8 Å². The summed E-state index contributed by atoms with van der Waals surface area (Å²) in [6.07, 6.45) is 1.13. The maximum atomic E-state index is 12.9. The standard InChI is InChI=1S/C23H35N3O6S/c1-16(2)10-11-18(15-33-14-17-8-6-5-7-9-17)22(29)26(31)23(30)25-19(21(28)24-3)12-13-20(27)32-4/h5-9,16,18-19,31H,10-15H2,1-4H3,(H,24,28)(H,25,30)/t18-,19+/m1/s1. The number of carbonyl (C=O) groups is 4. The molecular formula is C23H35N3O6S. The Hall–Kier alpha value is -2.59. The molecule has 1 aromatic rings. The number of esters is 1. The molecule has 2 atom stereocenters. The number of hydrogen-bond acceptors (Lipinski definition) is 7. The average Bonchev–Trinajstić information content (AvgIpc) is 2.82. The molecule has 0 fully saturated rings. The van der Waals surface area contributed by atoms with E-state index in [1.165, 1.54) is 14.2 Å². The fraction of sp³-hybridized carbons (Fsp3) is 0.565. The summed E-state index contributed by atoms with van der Waals surface area (Å²) in [5, 5.41) is 15.1. The Kier molecular flexibility index (Phi) is 13.2. The molecule has 0 spiro atoms. The molecule has 10 heteroatoms. The van der Waals surface area contributed by atoms with Gasteiger partial charge in [-0.2, -0.15) is 11.8 Å². The van der Waals surface area contributed by atoms with E-state index in [0.29, 0.717) is 23.8 Å². The summed E-state index contributed by atoms with van der Waals surface area (Å²) in [5.41, 5.74) is 1.12. The number of thioether (sulfide) groups is 1. The van der Waals surface area contributed by atoms with Crippen molar-refractivity contribution in [3.63, 3.8) is 0 Å². The number of nitrogens with one attached hydrogen (secondary N) is 2. The molecule has 0 unspecified atom stereocenters. The van der Waals surface area contributed by atoms with Gasteiger partial charge in [0.1, 0.15) is 6.04 Å². The highest BCUT2D eigenvalue weighted by molar-refractivity contribution is 7.98. The lowest BCUT2D eigenvalue weighted by molar-refractivity contribution is -0.157. The topological polar surface area (TPSA) is 125 Å². The van der Waals surface area contributed by atoms with E-state index >= 15 is 0 Å². The molecule has 33 heavy (non-hydrogen) atoms. The van der Waals surface area contributed by atoms with Crippen LogP contribution in [0.25, 0.3) is 0 Å². The Bertz CT molecular complexity index is 775. The molecule has 9 nitrogen and oxygen atoms in total. The molecule has 184 valence electrons. The van der Waals surface area contributed by atoms with E-state index in [9.17, 15) is 24.4 Å². The largest absolute Gasteiger partial charge is 0.469 e. The van der Waals surface area contributed by atoms with Crippen LogP contribution in [0.3, 0.4) is 0 Å². The van der Waals surface area contributed by atoms with E-state index in [-0.39, 0.29) is 17.9 Å². The second-order valence-corrected chi connectivity index (χ2v) is 9.08. The SMILES string of the molecule is CNC(=O)[C@H](CCC(=O)OC)NC(=O)N(O)C(=O)[C@H](CCC(C)C)CSCc1ccccc1. The highest BCUT2D eigenvalue weighted by Gasteiger charge is 2.31. The fourth-order valence-electron chi connectivity index (χ4n) is 3.00. The number of amides is 4. The van der Waals surface area contributed by atoms with Gasteiger partial charge in [-0.05, 0) is 24.3 Å². The summed E-state index contributed by atoms with van der Waals surface area (Å²) in [4.78, 5) is 48.9.